The first-order valence-electron chi connectivity index (χ1n) is 9.06. The van der Waals surface area contributed by atoms with Crippen LogP contribution in [0.1, 0.15) is 19.0 Å². The van der Waals surface area contributed by atoms with Gasteiger partial charge in [0, 0.05) is 27.9 Å². The Morgan fingerprint density at radius 1 is 1.55 bits per heavy atom. The van der Waals surface area contributed by atoms with Gasteiger partial charge in [-0.25, -0.2) is 4.98 Å². The van der Waals surface area contributed by atoms with Crippen molar-refractivity contribution in [1.29, 1.82) is 0 Å². The van der Waals surface area contributed by atoms with E-state index >= 15 is 0 Å². The van der Waals surface area contributed by atoms with Crippen LogP contribution in [0.15, 0.2) is 10.5 Å². The standard InChI is InChI=1S/C16H17N5O8S2/c1-2-28-20-9(7-4-30-15(17)18-7)11(23)19-10-12(24)21-13(10)31(27)5-6-3-8(22)29-16(6,21)14(25)26/h4,6,10,13H,2-3,5H2,1H3,(H2,17,18)(H,19,23)(H,25,26)/p-1/b20-9-/t6-,10+,13+,16+,31-/m0/s1. The topological polar surface area (TPSA) is 193 Å². The van der Waals surface area contributed by atoms with Crippen molar-refractivity contribution in [3.63, 3.8) is 0 Å². The Labute approximate surface area is 181 Å². The number of hydrogen-bond acceptors (Lipinski definition) is 12. The first-order valence-corrected chi connectivity index (χ1v) is 11.3. The van der Waals surface area contributed by atoms with Gasteiger partial charge in [-0.05, 0) is 6.92 Å². The predicted octanol–water partition coefficient (Wildman–Crippen LogP) is -3.11. The van der Waals surface area contributed by atoms with Gasteiger partial charge < -0.3 is 30.5 Å². The molecule has 166 valence electrons. The summed E-state index contributed by atoms with van der Waals surface area (Å²) in [5.74, 6) is -5.55. The lowest BCUT2D eigenvalue weighted by atomic mass is 9.89. The molecule has 3 saturated heterocycles. The molecular weight excluding hydrogens is 454 g/mol. The molecule has 3 aliphatic heterocycles. The number of carboxylic acids is 1. The number of thiazole rings is 1. The number of amides is 2. The Balaban J connectivity index is 1.60. The minimum atomic E-state index is -2.33. The molecule has 13 nitrogen and oxygen atoms in total. The van der Waals surface area contributed by atoms with Gasteiger partial charge in [0.05, 0.1) is 6.42 Å². The number of esters is 1. The van der Waals surface area contributed by atoms with Crippen LogP contribution in [0.2, 0.25) is 0 Å². The summed E-state index contributed by atoms with van der Waals surface area (Å²) in [5, 5.41) is 18.4. The molecule has 3 aliphatic rings. The lowest BCUT2D eigenvalue weighted by molar-refractivity contribution is -0.340. The number of aliphatic carboxylic acids is 1. The molecule has 0 aliphatic carbocycles. The number of nitrogens with two attached hydrogens (primary N) is 1. The highest BCUT2D eigenvalue weighted by Gasteiger charge is 2.70. The average Bonchev–Trinajstić information content (AvgIpc) is 3.27. The van der Waals surface area contributed by atoms with Crippen LogP contribution in [0.3, 0.4) is 0 Å². The van der Waals surface area contributed by atoms with Crippen molar-refractivity contribution < 1.29 is 38.1 Å². The molecule has 0 unspecified atom stereocenters. The summed E-state index contributed by atoms with van der Waals surface area (Å²) >= 11 is 1.06. The number of carbonyl (C=O) groups is 4. The van der Waals surface area contributed by atoms with Crippen LogP contribution < -0.4 is 16.2 Å². The maximum Gasteiger partial charge on any atom is 0.308 e. The van der Waals surface area contributed by atoms with E-state index in [0.717, 1.165) is 16.2 Å². The number of β-lactam (4-membered cyclic amide) rings is 1. The number of ether oxygens (including phenoxy) is 1. The molecule has 5 atom stereocenters. The number of aromatic nitrogens is 1. The molecule has 0 radical (unpaired) electrons. The van der Waals surface area contributed by atoms with E-state index in [1.807, 2.05) is 0 Å². The maximum absolute atomic E-state index is 12.8. The number of hydrogen-bond donors (Lipinski definition) is 2. The highest BCUT2D eigenvalue weighted by atomic mass is 32.2. The number of nitrogens with one attached hydrogen (secondary N) is 1. The van der Waals surface area contributed by atoms with E-state index in [4.69, 9.17) is 15.3 Å². The Hall–Kier alpha value is -3.07. The number of anilines is 1. The third kappa shape index (κ3) is 3.15. The average molecular weight is 470 g/mol. The van der Waals surface area contributed by atoms with Gasteiger partial charge in [-0.2, -0.15) is 0 Å². The van der Waals surface area contributed by atoms with E-state index < -0.39 is 57.6 Å². The lowest BCUT2D eigenvalue weighted by Gasteiger charge is -2.58. The molecule has 3 fully saturated rings. The quantitative estimate of drug-likeness (QED) is 0.186. The van der Waals surface area contributed by atoms with E-state index in [1.54, 1.807) is 6.92 Å². The van der Waals surface area contributed by atoms with Crippen LogP contribution in [-0.2, 0) is 39.6 Å². The van der Waals surface area contributed by atoms with Gasteiger partial charge in [0.15, 0.2) is 10.8 Å². The number of carboxylic acid groups (broad SMARTS) is 1. The van der Waals surface area contributed by atoms with Gasteiger partial charge in [0.25, 0.3) is 11.8 Å². The van der Waals surface area contributed by atoms with Gasteiger partial charge in [-0.15, -0.1) is 11.3 Å². The fourth-order valence-electron chi connectivity index (χ4n) is 3.82. The highest BCUT2D eigenvalue weighted by Crippen LogP contribution is 2.47. The largest absolute Gasteiger partial charge is 0.544 e. The molecular formula is C16H16N5O8S2-. The van der Waals surface area contributed by atoms with Crippen molar-refractivity contribution in [2.24, 2.45) is 11.1 Å². The van der Waals surface area contributed by atoms with Gasteiger partial charge >= 0.3 is 5.97 Å². The van der Waals surface area contributed by atoms with E-state index in [-0.39, 0.29) is 35.3 Å². The monoisotopic (exact) mass is 470 g/mol. The molecule has 15 heteroatoms. The summed E-state index contributed by atoms with van der Waals surface area (Å²) in [6, 6.07) is -1.33. The summed E-state index contributed by atoms with van der Waals surface area (Å²) in [6.07, 6.45) is -0.302. The third-order valence-electron chi connectivity index (χ3n) is 5.12. The highest BCUT2D eigenvalue weighted by molar-refractivity contribution is 7.85. The van der Waals surface area contributed by atoms with Crippen molar-refractivity contribution in [3.05, 3.63) is 11.1 Å². The van der Waals surface area contributed by atoms with Crippen LogP contribution in [0.4, 0.5) is 5.13 Å². The molecule has 0 aromatic carbocycles. The fraction of sp³-hybridized carbons (Fsp3) is 0.500. The zero-order valence-corrected chi connectivity index (χ0v) is 17.6. The van der Waals surface area contributed by atoms with Gasteiger partial charge in [-0.3, -0.25) is 23.5 Å². The molecule has 1 aromatic rings. The van der Waals surface area contributed by atoms with Crippen molar-refractivity contribution in [1.82, 2.24) is 15.2 Å². The Kier molecular flexibility index (Phi) is 5.17. The minimum Gasteiger partial charge on any atom is -0.544 e. The molecule has 4 heterocycles. The molecule has 4 rings (SSSR count). The molecule has 0 bridgehead atoms. The summed E-state index contributed by atoms with van der Waals surface area (Å²) in [5.41, 5.74) is 3.10. The van der Waals surface area contributed by atoms with Crippen LogP contribution in [0, 0.1) is 5.92 Å². The molecule has 0 saturated carbocycles. The lowest BCUT2D eigenvalue weighted by Crippen LogP contribution is -2.84. The Bertz CT molecular complexity index is 1040. The Morgan fingerprint density at radius 2 is 2.29 bits per heavy atom. The van der Waals surface area contributed by atoms with Gasteiger partial charge in [0.2, 0.25) is 5.72 Å². The van der Waals surface area contributed by atoms with Crippen LogP contribution in [0.5, 0.6) is 0 Å². The zero-order valence-electron chi connectivity index (χ0n) is 15.9. The fourth-order valence-corrected chi connectivity index (χ4v) is 6.29. The third-order valence-corrected chi connectivity index (χ3v) is 7.54. The van der Waals surface area contributed by atoms with E-state index in [0.29, 0.717) is 0 Å². The van der Waals surface area contributed by atoms with Crippen molar-refractivity contribution in [2.75, 3.05) is 18.1 Å². The van der Waals surface area contributed by atoms with Gasteiger partial charge in [-0.1, -0.05) is 5.16 Å². The molecule has 2 amide bonds. The molecule has 3 N–H and O–H groups in total. The molecule has 0 spiro atoms. The Morgan fingerprint density at radius 3 is 2.90 bits per heavy atom. The number of nitrogen functional groups attached to an aromatic ring is 1. The van der Waals surface area contributed by atoms with Crippen molar-refractivity contribution >= 4 is 56.7 Å². The van der Waals surface area contributed by atoms with E-state index in [9.17, 15) is 28.5 Å². The summed E-state index contributed by atoms with van der Waals surface area (Å²) in [7, 11) is -1.76. The van der Waals surface area contributed by atoms with Gasteiger partial charge in [0.1, 0.15) is 29.7 Å². The van der Waals surface area contributed by atoms with Crippen molar-refractivity contribution in [2.45, 2.75) is 30.5 Å². The maximum atomic E-state index is 12.8. The first-order chi connectivity index (χ1) is 14.7. The summed E-state index contributed by atoms with van der Waals surface area (Å²) in [6.45, 7) is 1.80. The normalized spacial score (nSPS) is 31.9. The second-order valence-corrected chi connectivity index (χ2v) is 9.35. The van der Waals surface area contributed by atoms with E-state index in [2.05, 4.69) is 15.5 Å². The number of fused-ring (bicyclic) bond motifs is 3. The van der Waals surface area contributed by atoms with Crippen LogP contribution in [0.25, 0.3) is 0 Å². The number of oxime groups is 1. The van der Waals surface area contributed by atoms with Crippen LogP contribution >= 0.6 is 11.3 Å². The number of rotatable bonds is 6. The zero-order chi connectivity index (χ0) is 22.5. The van der Waals surface area contributed by atoms with Crippen molar-refractivity contribution in [3.8, 4) is 0 Å². The van der Waals surface area contributed by atoms with E-state index in [1.165, 1.54) is 5.38 Å². The van der Waals surface area contributed by atoms with Crippen LogP contribution in [-0.4, -0.2) is 73.1 Å². The predicted molar refractivity (Wildman–Crippen MR) is 102 cm³/mol. The molecule has 31 heavy (non-hydrogen) atoms. The first kappa shape index (κ1) is 21.2. The number of carbonyl (C=O) groups excluding carboxylic acids is 4. The minimum absolute atomic E-state index is 0.109. The SMILES string of the molecule is CCO/N=C(\C(=O)N[C@@H]1C(=O)N2[C@@H]1[S@@](=O)C[C@@H]1CC(=O)O[C@@]12C(=O)[O-])c1csc(N)n1. The number of nitrogens with zero attached hydrogens (tertiary/aromatic N) is 3. The molecule has 1 aromatic heterocycles. The summed E-state index contributed by atoms with van der Waals surface area (Å²) in [4.78, 5) is 58.8. The second kappa shape index (κ2) is 7.56. The second-order valence-electron chi connectivity index (χ2n) is 6.89. The summed E-state index contributed by atoms with van der Waals surface area (Å²) < 4.78 is 17.7. The smallest absolute Gasteiger partial charge is 0.308 e.